The van der Waals surface area contributed by atoms with Gasteiger partial charge in [-0.3, -0.25) is 0 Å². The van der Waals surface area contributed by atoms with Gasteiger partial charge in [0.1, 0.15) is 11.4 Å². The zero-order valence-corrected chi connectivity index (χ0v) is 20.7. The van der Waals surface area contributed by atoms with Crippen LogP contribution in [0.4, 0.5) is 0 Å². The SMILES string of the molecule is CC1C2=CC(=O)OC2=CC2C1C(O)C(OC(=O)C=Cc1ccccc1)C1(O)C(C)(C)CCCC21C. The Bertz CT molecular complexity index is 1130. The van der Waals surface area contributed by atoms with Gasteiger partial charge in [0.2, 0.25) is 0 Å². The molecular weight excluding hydrogens is 444 g/mol. The van der Waals surface area contributed by atoms with Crippen molar-refractivity contribution in [2.45, 2.75) is 64.8 Å². The predicted octanol–water partition coefficient (Wildman–Crippen LogP) is 4.18. The van der Waals surface area contributed by atoms with Crippen molar-refractivity contribution in [3.63, 3.8) is 0 Å². The van der Waals surface area contributed by atoms with Gasteiger partial charge in [-0.1, -0.05) is 64.4 Å². The van der Waals surface area contributed by atoms with Gasteiger partial charge in [-0.25, -0.2) is 9.59 Å². The van der Waals surface area contributed by atoms with Crippen LogP contribution in [0, 0.1) is 28.6 Å². The van der Waals surface area contributed by atoms with Crippen molar-refractivity contribution < 1.29 is 29.3 Å². The van der Waals surface area contributed by atoms with Crippen LogP contribution in [-0.2, 0) is 19.1 Å². The number of rotatable bonds is 3. The topological polar surface area (TPSA) is 93.1 Å². The molecule has 1 aromatic carbocycles. The van der Waals surface area contributed by atoms with Crippen LogP contribution in [-0.4, -0.2) is 40.0 Å². The zero-order chi connectivity index (χ0) is 25.2. The van der Waals surface area contributed by atoms with Gasteiger partial charge >= 0.3 is 11.9 Å². The van der Waals surface area contributed by atoms with E-state index in [1.54, 1.807) is 6.08 Å². The fourth-order valence-corrected chi connectivity index (χ4v) is 7.47. The second kappa shape index (κ2) is 8.17. The molecule has 0 bridgehead atoms. The van der Waals surface area contributed by atoms with E-state index in [0.717, 1.165) is 24.0 Å². The molecule has 0 spiro atoms. The largest absolute Gasteiger partial charge is 0.453 e. The van der Waals surface area contributed by atoms with E-state index < -0.39 is 40.6 Å². The lowest BCUT2D eigenvalue weighted by Gasteiger charge is -2.68. The summed E-state index contributed by atoms with van der Waals surface area (Å²) < 4.78 is 11.4. The van der Waals surface area contributed by atoms with Crippen LogP contribution in [0.15, 0.2) is 59.9 Å². The standard InChI is InChI=1S/C29H34O6/c1-17-19-15-23(31)34-21(19)16-20-24(17)25(32)26(29(33)27(2,3)13-8-14-28(20,29)4)35-22(30)12-11-18-9-6-5-7-10-18/h5-7,9-12,15-17,20,24-26,32-33H,8,13-14H2,1-4H3. The molecule has 6 nitrogen and oxygen atoms in total. The van der Waals surface area contributed by atoms with Crippen molar-refractivity contribution in [1.82, 2.24) is 0 Å². The third-order valence-corrected chi connectivity index (χ3v) is 9.29. The third kappa shape index (κ3) is 3.45. The molecule has 1 aromatic rings. The summed E-state index contributed by atoms with van der Waals surface area (Å²) in [5.41, 5.74) is -1.20. The number of aliphatic hydroxyl groups excluding tert-OH is 1. The number of carbonyl (C=O) groups is 2. The van der Waals surface area contributed by atoms with Crippen molar-refractivity contribution in [2.75, 3.05) is 0 Å². The molecule has 0 amide bonds. The minimum absolute atomic E-state index is 0.200. The molecule has 0 saturated heterocycles. The molecule has 1 heterocycles. The van der Waals surface area contributed by atoms with E-state index in [-0.39, 0.29) is 17.8 Å². The Balaban J connectivity index is 1.57. The van der Waals surface area contributed by atoms with Gasteiger partial charge in [0.05, 0.1) is 6.10 Å². The minimum Gasteiger partial charge on any atom is -0.453 e. The maximum Gasteiger partial charge on any atom is 0.336 e. The number of benzene rings is 1. The molecule has 0 aromatic heterocycles. The smallest absolute Gasteiger partial charge is 0.336 e. The number of fused-ring (bicyclic) bond motifs is 4. The first-order chi connectivity index (χ1) is 16.5. The molecule has 7 unspecified atom stereocenters. The highest BCUT2D eigenvalue weighted by molar-refractivity contribution is 5.89. The summed E-state index contributed by atoms with van der Waals surface area (Å²) in [7, 11) is 0. The molecule has 7 atom stereocenters. The number of ether oxygens (including phenoxy) is 2. The Morgan fingerprint density at radius 2 is 1.89 bits per heavy atom. The Morgan fingerprint density at radius 3 is 2.60 bits per heavy atom. The van der Waals surface area contributed by atoms with Crippen LogP contribution in [0.2, 0.25) is 0 Å². The maximum atomic E-state index is 13.0. The molecule has 5 rings (SSSR count). The summed E-state index contributed by atoms with van der Waals surface area (Å²) in [6, 6.07) is 9.42. The van der Waals surface area contributed by atoms with E-state index in [0.29, 0.717) is 12.2 Å². The van der Waals surface area contributed by atoms with Gasteiger partial charge in [-0.15, -0.1) is 0 Å². The molecular formula is C29H34O6. The van der Waals surface area contributed by atoms with E-state index in [2.05, 4.69) is 0 Å². The first-order valence-electron chi connectivity index (χ1n) is 12.5. The maximum absolute atomic E-state index is 13.0. The highest BCUT2D eigenvalue weighted by Gasteiger charge is 2.72. The van der Waals surface area contributed by atoms with Crippen LogP contribution in [0.3, 0.4) is 0 Å². The second-order valence-electron chi connectivity index (χ2n) is 11.5. The van der Waals surface area contributed by atoms with Crippen LogP contribution in [0.5, 0.6) is 0 Å². The first-order valence-corrected chi connectivity index (χ1v) is 12.5. The lowest BCUT2D eigenvalue weighted by molar-refractivity contribution is -0.310. The van der Waals surface area contributed by atoms with E-state index >= 15 is 0 Å². The van der Waals surface area contributed by atoms with Crippen LogP contribution in [0.25, 0.3) is 6.08 Å². The molecule has 186 valence electrons. The Kier molecular flexibility index (Phi) is 5.61. The van der Waals surface area contributed by atoms with Gasteiger partial charge in [-0.05, 0) is 47.8 Å². The fourth-order valence-electron chi connectivity index (χ4n) is 7.47. The van der Waals surface area contributed by atoms with Crippen molar-refractivity contribution >= 4 is 18.0 Å². The van der Waals surface area contributed by atoms with Crippen molar-refractivity contribution in [1.29, 1.82) is 0 Å². The lowest BCUT2D eigenvalue weighted by atomic mass is 9.40. The summed E-state index contributed by atoms with van der Waals surface area (Å²) >= 11 is 0. The molecule has 35 heavy (non-hydrogen) atoms. The summed E-state index contributed by atoms with van der Waals surface area (Å²) in [5, 5.41) is 24.3. The van der Waals surface area contributed by atoms with Crippen molar-refractivity contribution in [2.24, 2.45) is 28.6 Å². The van der Waals surface area contributed by atoms with Crippen molar-refractivity contribution in [3.8, 4) is 0 Å². The molecule has 4 aliphatic rings. The summed E-state index contributed by atoms with van der Waals surface area (Å²) in [6.45, 7) is 7.97. The third-order valence-electron chi connectivity index (χ3n) is 9.29. The quantitative estimate of drug-likeness (QED) is 0.500. The average molecular weight is 479 g/mol. The number of hydrogen-bond donors (Lipinski definition) is 2. The van der Waals surface area contributed by atoms with E-state index in [4.69, 9.17) is 9.47 Å². The monoisotopic (exact) mass is 478 g/mol. The number of esters is 2. The molecule has 2 fully saturated rings. The van der Waals surface area contributed by atoms with Gasteiger partial charge in [0, 0.05) is 29.1 Å². The number of aliphatic hydroxyl groups is 2. The number of hydrogen-bond acceptors (Lipinski definition) is 6. The van der Waals surface area contributed by atoms with Gasteiger partial charge in [0.25, 0.3) is 0 Å². The molecule has 0 radical (unpaired) electrons. The normalized spacial score (nSPS) is 39.6. The first kappa shape index (κ1) is 24.0. The van der Waals surface area contributed by atoms with E-state index in [1.165, 1.54) is 12.2 Å². The van der Waals surface area contributed by atoms with Crippen molar-refractivity contribution in [3.05, 3.63) is 65.5 Å². The fraction of sp³-hybridized carbons (Fsp3) is 0.517. The molecule has 2 N–H and O–H groups in total. The second-order valence-corrected chi connectivity index (χ2v) is 11.5. The van der Waals surface area contributed by atoms with Crippen LogP contribution in [0.1, 0.15) is 52.5 Å². The minimum atomic E-state index is -1.49. The van der Waals surface area contributed by atoms with Gasteiger partial charge in [0.15, 0.2) is 6.10 Å². The van der Waals surface area contributed by atoms with Crippen LogP contribution >= 0.6 is 0 Å². The zero-order valence-electron chi connectivity index (χ0n) is 20.7. The van der Waals surface area contributed by atoms with Gasteiger partial charge in [-0.2, -0.15) is 0 Å². The average Bonchev–Trinajstić information content (AvgIpc) is 3.19. The summed E-state index contributed by atoms with van der Waals surface area (Å²) in [4.78, 5) is 25.1. The van der Waals surface area contributed by atoms with E-state index in [9.17, 15) is 19.8 Å². The summed E-state index contributed by atoms with van der Waals surface area (Å²) in [5.74, 6) is -1.27. The number of allylic oxidation sites excluding steroid dienone is 2. The lowest BCUT2D eigenvalue weighted by Crippen LogP contribution is -2.76. The molecule has 1 aliphatic heterocycles. The molecule has 6 heteroatoms. The Morgan fingerprint density at radius 1 is 1.17 bits per heavy atom. The predicted molar refractivity (Wildman–Crippen MR) is 130 cm³/mol. The van der Waals surface area contributed by atoms with Crippen LogP contribution < -0.4 is 0 Å². The van der Waals surface area contributed by atoms with E-state index in [1.807, 2.05) is 64.1 Å². The molecule has 3 aliphatic carbocycles. The Labute approximate surface area is 206 Å². The Hall–Kier alpha value is -2.70. The molecule has 2 saturated carbocycles. The highest BCUT2D eigenvalue weighted by Crippen LogP contribution is 2.67. The number of carbonyl (C=O) groups excluding carboxylic acids is 2. The highest BCUT2D eigenvalue weighted by atomic mass is 16.6. The summed E-state index contributed by atoms with van der Waals surface area (Å²) in [6.07, 6.45) is 6.53. The van der Waals surface area contributed by atoms with Gasteiger partial charge < -0.3 is 19.7 Å².